The first-order valence-corrected chi connectivity index (χ1v) is 10.6. The zero-order valence-corrected chi connectivity index (χ0v) is 16.2. The molecule has 7 heteroatoms. The van der Waals surface area contributed by atoms with E-state index in [0.29, 0.717) is 31.5 Å². The van der Waals surface area contributed by atoms with Crippen LogP contribution in [0.25, 0.3) is 0 Å². The van der Waals surface area contributed by atoms with Crippen LogP contribution in [0.3, 0.4) is 0 Å². The third-order valence-corrected chi connectivity index (χ3v) is 6.74. The molecule has 2 aliphatic heterocycles. The molecule has 0 N–H and O–H groups in total. The van der Waals surface area contributed by atoms with Crippen LogP contribution in [0.1, 0.15) is 64.2 Å². The number of hydrogen-bond acceptors (Lipinski definition) is 4. The topological polar surface area (TPSA) is 71.3 Å². The summed E-state index contributed by atoms with van der Waals surface area (Å²) in [6.45, 7) is 2.97. The van der Waals surface area contributed by atoms with Gasteiger partial charge >= 0.3 is 0 Å². The number of amides is 2. The highest BCUT2D eigenvalue weighted by Gasteiger charge is 2.50. The van der Waals surface area contributed by atoms with Gasteiger partial charge in [-0.3, -0.25) is 14.3 Å². The monoisotopic (exact) mass is 373 g/mol. The lowest BCUT2D eigenvalue weighted by atomic mass is 9.77. The van der Waals surface area contributed by atoms with Gasteiger partial charge in [0, 0.05) is 38.6 Å². The van der Waals surface area contributed by atoms with Gasteiger partial charge in [-0.25, -0.2) is 4.98 Å². The fraction of sp³-hybridized carbons (Fsp3) is 0.800. The van der Waals surface area contributed by atoms with Gasteiger partial charge in [-0.1, -0.05) is 19.3 Å². The summed E-state index contributed by atoms with van der Waals surface area (Å²) in [6, 6.07) is 0.441. The maximum atomic E-state index is 13.4. The zero-order valence-electron chi connectivity index (χ0n) is 16.2. The van der Waals surface area contributed by atoms with Crippen LogP contribution >= 0.6 is 0 Å². The molecule has 0 bridgehead atoms. The molecule has 3 aliphatic rings. The Morgan fingerprint density at radius 2 is 2.00 bits per heavy atom. The number of carbonyl (C=O) groups excluding carboxylic acids is 2. The number of nitrogens with zero attached hydrogens (tertiary/aromatic N) is 5. The first-order valence-electron chi connectivity index (χ1n) is 10.6. The summed E-state index contributed by atoms with van der Waals surface area (Å²) < 4.78 is 1.76. The highest BCUT2D eigenvalue weighted by Crippen LogP contribution is 2.42. The van der Waals surface area contributed by atoms with Crippen molar-refractivity contribution in [2.75, 3.05) is 19.6 Å². The molecule has 4 rings (SSSR count). The minimum absolute atomic E-state index is 0.176. The summed E-state index contributed by atoms with van der Waals surface area (Å²) in [5.41, 5.74) is -0.308. The molecule has 1 spiro atoms. The number of aryl methyl sites for hydroxylation is 1. The first-order chi connectivity index (χ1) is 13.2. The zero-order chi connectivity index (χ0) is 18.7. The maximum absolute atomic E-state index is 13.4. The number of likely N-dealkylation sites (tertiary alicyclic amines) is 2. The summed E-state index contributed by atoms with van der Waals surface area (Å²) >= 11 is 0. The maximum Gasteiger partial charge on any atom is 0.230 e. The normalized spacial score (nSPS) is 26.9. The van der Waals surface area contributed by atoms with Crippen molar-refractivity contribution in [3.05, 3.63) is 12.7 Å². The highest BCUT2D eigenvalue weighted by atomic mass is 16.2. The van der Waals surface area contributed by atoms with Gasteiger partial charge in [-0.2, -0.15) is 5.10 Å². The van der Waals surface area contributed by atoms with Crippen LogP contribution in [0.5, 0.6) is 0 Å². The predicted octanol–water partition coefficient (Wildman–Crippen LogP) is 2.23. The standard InChI is InChI=1S/C20H31N5O2/c26-18(8-4-11-24-16-21-15-22-24)23-13-10-20(14-23)9-5-12-25(19(20)27)17-6-2-1-3-7-17/h15-17H,1-14H2/t20-/m0/s1. The Hall–Kier alpha value is -1.92. The van der Waals surface area contributed by atoms with Gasteiger partial charge in [0.2, 0.25) is 11.8 Å². The number of piperidine rings is 1. The number of aromatic nitrogens is 3. The average molecular weight is 374 g/mol. The Kier molecular flexibility index (Phi) is 5.45. The Morgan fingerprint density at radius 3 is 2.78 bits per heavy atom. The molecule has 1 aromatic heterocycles. The second-order valence-corrected chi connectivity index (χ2v) is 8.50. The average Bonchev–Trinajstić information content (AvgIpc) is 3.36. The molecule has 3 heterocycles. The fourth-order valence-electron chi connectivity index (χ4n) is 5.20. The van der Waals surface area contributed by atoms with Crippen molar-refractivity contribution >= 4 is 11.8 Å². The molecule has 2 amide bonds. The smallest absolute Gasteiger partial charge is 0.230 e. The lowest BCUT2D eigenvalue weighted by molar-refractivity contribution is -0.149. The molecule has 1 atom stereocenters. The minimum Gasteiger partial charge on any atom is -0.342 e. The van der Waals surface area contributed by atoms with E-state index in [4.69, 9.17) is 0 Å². The van der Waals surface area contributed by atoms with E-state index in [2.05, 4.69) is 15.0 Å². The Morgan fingerprint density at radius 1 is 1.15 bits per heavy atom. The third kappa shape index (κ3) is 3.87. The van der Waals surface area contributed by atoms with Crippen molar-refractivity contribution in [3.63, 3.8) is 0 Å². The summed E-state index contributed by atoms with van der Waals surface area (Å²) in [5, 5.41) is 4.07. The molecular formula is C20H31N5O2. The second kappa shape index (κ2) is 7.98. The molecule has 0 unspecified atom stereocenters. The Balaban J connectivity index is 1.32. The van der Waals surface area contributed by atoms with Crippen molar-refractivity contribution in [3.8, 4) is 0 Å². The van der Waals surface area contributed by atoms with Gasteiger partial charge in [0.15, 0.2) is 0 Å². The fourth-order valence-corrected chi connectivity index (χ4v) is 5.20. The van der Waals surface area contributed by atoms with E-state index >= 15 is 0 Å². The molecular weight excluding hydrogens is 342 g/mol. The van der Waals surface area contributed by atoms with E-state index in [1.54, 1.807) is 11.0 Å². The lowest BCUT2D eigenvalue weighted by Crippen LogP contribution is -2.54. The van der Waals surface area contributed by atoms with Gasteiger partial charge in [-0.05, 0) is 38.5 Å². The van der Waals surface area contributed by atoms with E-state index in [1.807, 2.05) is 4.90 Å². The van der Waals surface area contributed by atoms with Gasteiger partial charge in [0.05, 0.1) is 5.41 Å². The molecule has 1 aromatic rings. The van der Waals surface area contributed by atoms with E-state index in [-0.39, 0.29) is 11.3 Å². The van der Waals surface area contributed by atoms with Crippen LogP contribution < -0.4 is 0 Å². The summed E-state index contributed by atoms with van der Waals surface area (Å²) in [7, 11) is 0. The van der Waals surface area contributed by atoms with Crippen LogP contribution in [0.2, 0.25) is 0 Å². The van der Waals surface area contributed by atoms with Gasteiger partial charge in [-0.15, -0.1) is 0 Å². The minimum atomic E-state index is -0.308. The van der Waals surface area contributed by atoms with Crippen LogP contribution in [-0.2, 0) is 16.1 Å². The molecule has 7 nitrogen and oxygen atoms in total. The van der Waals surface area contributed by atoms with Gasteiger partial charge in [0.25, 0.3) is 0 Å². The molecule has 2 saturated heterocycles. The molecule has 0 aromatic carbocycles. The van der Waals surface area contributed by atoms with Crippen molar-refractivity contribution in [2.24, 2.45) is 5.41 Å². The molecule has 1 saturated carbocycles. The number of hydrogen-bond donors (Lipinski definition) is 0. The third-order valence-electron chi connectivity index (χ3n) is 6.74. The number of rotatable bonds is 5. The van der Waals surface area contributed by atoms with Crippen molar-refractivity contribution < 1.29 is 9.59 Å². The molecule has 3 fully saturated rings. The van der Waals surface area contributed by atoms with Gasteiger partial charge in [0.1, 0.15) is 12.7 Å². The number of carbonyl (C=O) groups is 2. The van der Waals surface area contributed by atoms with Crippen LogP contribution in [-0.4, -0.2) is 62.1 Å². The van der Waals surface area contributed by atoms with E-state index in [0.717, 1.165) is 51.6 Å². The van der Waals surface area contributed by atoms with E-state index in [9.17, 15) is 9.59 Å². The lowest BCUT2D eigenvalue weighted by Gasteiger charge is -2.44. The second-order valence-electron chi connectivity index (χ2n) is 8.50. The first kappa shape index (κ1) is 18.4. The summed E-state index contributed by atoms with van der Waals surface area (Å²) in [6.07, 6.45) is 13.4. The quantitative estimate of drug-likeness (QED) is 0.793. The molecule has 0 radical (unpaired) electrons. The molecule has 148 valence electrons. The summed E-state index contributed by atoms with van der Waals surface area (Å²) in [4.78, 5) is 34.0. The predicted molar refractivity (Wildman–Crippen MR) is 101 cm³/mol. The van der Waals surface area contributed by atoms with Crippen molar-refractivity contribution in [2.45, 2.75) is 76.8 Å². The van der Waals surface area contributed by atoms with Gasteiger partial charge < -0.3 is 9.80 Å². The van der Waals surface area contributed by atoms with E-state index in [1.165, 1.54) is 25.6 Å². The van der Waals surface area contributed by atoms with Crippen LogP contribution in [0.4, 0.5) is 0 Å². The SMILES string of the molecule is O=C(CCCn1cncn1)N1CC[C@@]2(CCCN(C3CCCCC3)C2=O)C1. The summed E-state index contributed by atoms with van der Waals surface area (Å²) in [5.74, 6) is 0.508. The van der Waals surface area contributed by atoms with Crippen molar-refractivity contribution in [1.82, 2.24) is 24.6 Å². The van der Waals surface area contributed by atoms with Crippen LogP contribution in [0, 0.1) is 5.41 Å². The van der Waals surface area contributed by atoms with Crippen LogP contribution in [0.15, 0.2) is 12.7 Å². The molecule has 1 aliphatic carbocycles. The Bertz CT molecular complexity index is 655. The largest absolute Gasteiger partial charge is 0.342 e. The Labute approximate surface area is 161 Å². The van der Waals surface area contributed by atoms with E-state index < -0.39 is 0 Å². The highest BCUT2D eigenvalue weighted by molar-refractivity contribution is 5.86. The molecule has 27 heavy (non-hydrogen) atoms. The van der Waals surface area contributed by atoms with Crippen molar-refractivity contribution in [1.29, 1.82) is 0 Å².